The molecule has 1 aromatic heterocycles. The van der Waals surface area contributed by atoms with E-state index in [0.29, 0.717) is 0 Å². The molecule has 0 radical (unpaired) electrons. The number of carbonyl (C=O) groups excluding carboxylic acids is 1. The number of hydrogen-bond donors (Lipinski definition) is 1. The molecule has 0 atom stereocenters. The van der Waals surface area contributed by atoms with Crippen molar-refractivity contribution in [3.63, 3.8) is 0 Å². The molecular weight excluding hydrogens is 184 g/mol. The van der Waals surface area contributed by atoms with Crippen LogP contribution in [-0.2, 0) is 0 Å². The van der Waals surface area contributed by atoms with E-state index < -0.39 is 10.7 Å². The van der Waals surface area contributed by atoms with E-state index in [4.69, 9.17) is 6.42 Å². The molecule has 0 aliphatic heterocycles. The lowest BCUT2D eigenvalue weighted by Crippen LogP contribution is -1.94. The molecule has 68 valence electrons. The highest BCUT2D eigenvalue weighted by molar-refractivity contribution is 6.08. The minimum absolute atomic E-state index is 0.0550. The van der Waals surface area contributed by atoms with E-state index in [-0.39, 0.29) is 11.4 Å². The van der Waals surface area contributed by atoms with Crippen LogP contribution in [0.3, 0.4) is 0 Å². The lowest BCUT2D eigenvalue weighted by molar-refractivity contribution is -0.384. The van der Waals surface area contributed by atoms with Crippen molar-refractivity contribution in [3.8, 4) is 24.2 Å². The second-order valence-electron chi connectivity index (χ2n) is 2.25. The number of Topliss-reactive ketones (excluding diaryl/α,β-unsaturated/α-hetero) is 1. The molecule has 5 heteroatoms. The molecule has 1 N–H and O–H groups in total. The molecule has 14 heavy (non-hydrogen) atoms. The molecular formula is C9H4N2O3. The van der Waals surface area contributed by atoms with Crippen LogP contribution in [0, 0.1) is 34.3 Å². The molecule has 0 unspecified atom stereocenters. The largest absolute Gasteiger partial charge is 0.352 e. The normalized spacial score (nSPS) is 8.21. The van der Waals surface area contributed by atoms with E-state index in [1.54, 1.807) is 0 Å². The van der Waals surface area contributed by atoms with Crippen molar-refractivity contribution in [2.75, 3.05) is 0 Å². The van der Waals surface area contributed by atoms with Gasteiger partial charge in [0.25, 0.3) is 11.5 Å². The minimum Gasteiger partial charge on any atom is -0.352 e. The molecule has 5 nitrogen and oxygen atoms in total. The average Bonchev–Trinajstić information content (AvgIpc) is 2.62. The number of H-pyrrole nitrogens is 1. The van der Waals surface area contributed by atoms with Crippen molar-refractivity contribution < 1.29 is 9.72 Å². The standard InChI is InChI=1S/C9H4N2O3/c1-2-3-4-9(12)8-5-7(6-10-8)11(13)14/h1,5-6,10H. The summed E-state index contributed by atoms with van der Waals surface area (Å²) >= 11 is 0. The van der Waals surface area contributed by atoms with E-state index >= 15 is 0 Å². The highest BCUT2D eigenvalue weighted by Crippen LogP contribution is 2.11. The maximum atomic E-state index is 11.1. The van der Waals surface area contributed by atoms with Crippen molar-refractivity contribution in [1.29, 1.82) is 0 Å². The van der Waals surface area contributed by atoms with Gasteiger partial charge in [0, 0.05) is 6.07 Å². The highest BCUT2D eigenvalue weighted by Gasteiger charge is 2.12. The molecule has 1 rings (SSSR count). The van der Waals surface area contributed by atoms with Gasteiger partial charge in [-0.1, -0.05) is 0 Å². The topological polar surface area (TPSA) is 76.0 Å². The third-order valence-corrected chi connectivity index (χ3v) is 1.37. The fourth-order valence-corrected chi connectivity index (χ4v) is 0.780. The molecule has 0 aromatic carbocycles. The van der Waals surface area contributed by atoms with Gasteiger partial charge in [-0.3, -0.25) is 14.9 Å². The Morgan fingerprint density at radius 3 is 2.86 bits per heavy atom. The number of hydrogen-bond acceptors (Lipinski definition) is 3. The van der Waals surface area contributed by atoms with Crippen molar-refractivity contribution in [2.45, 2.75) is 0 Å². The van der Waals surface area contributed by atoms with Gasteiger partial charge in [0.15, 0.2) is 0 Å². The summed E-state index contributed by atoms with van der Waals surface area (Å²) in [7, 11) is 0. The number of nitrogens with zero attached hydrogens (tertiary/aromatic N) is 1. The Morgan fingerprint density at radius 1 is 1.64 bits per heavy atom. The van der Waals surface area contributed by atoms with Crippen LogP contribution in [0.5, 0.6) is 0 Å². The van der Waals surface area contributed by atoms with Gasteiger partial charge >= 0.3 is 0 Å². The van der Waals surface area contributed by atoms with Crippen LogP contribution in [0.4, 0.5) is 5.69 Å². The minimum atomic E-state index is -0.609. The lowest BCUT2D eigenvalue weighted by Gasteiger charge is -1.82. The van der Waals surface area contributed by atoms with Crippen LogP contribution in [0.15, 0.2) is 12.3 Å². The molecule has 0 aliphatic rings. The Labute approximate surface area is 79.3 Å². The number of aromatic amines is 1. The maximum Gasteiger partial charge on any atom is 0.287 e. The van der Waals surface area contributed by atoms with Crippen molar-refractivity contribution in [2.24, 2.45) is 0 Å². The highest BCUT2D eigenvalue weighted by atomic mass is 16.6. The van der Waals surface area contributed by atoms with Gasteiger partial charge < -0.3 is 4.98 Å². The van der Waals surface area contributed by atoms with E-state index in [9.17, 15) is 14.9 Å². The Kier molecular flexibility index (Phi) is 2.68. The van der Waals surface area contributed by atoms with Crippen molar-refractivity contribution >= 4 is 11.5 Å². The number of ketones is 1. The summed E-state index contributed by atoms with van der Waals surface area (Å²) in [6, 6.07) is 1.10. The monoisotopic (exact) mass is 188 g/mol. The second-order valence-corrected chi connectivity index (χ2v) is 2.25. The number of terminal acetylenes is 1. The first-order chi connectivity index (χ1) is 6.65. The first kappa shape index (κ1) is 9.56. The van der Waals surface area contributed by atoms with Crippen LogP contribution in [0.1, 0.15) is 10.5 Å². The predicted molar refractivity (Wildman–Crippen MR) is 48.4 cm³/mol. The molecule has 1 heterocycles. The van der Waals surface area contributed by atoms with Crippen LogP contribution in [0.25, 0.3) is 0 Å². The van der Waals surface area contributed by atoms with E-state index in [0.717, 1.165) is 12.3 Å². The second kappa shape index (κ2) is 3.92. The van der Waals surface area contributed by atoms with Gasteiger partial charge in [0.05, 0.1) is 11.1 Å². The summed E-state index contributed by atoms with van der Waals surface area (Å²) in [6.45, 7) is 0. The summed E-state index contributed by atoms with van der Waals surface area (Å²) in [6.07, 6.45) is 5.93. The zero-order valence-corrected chi connectivity index (χ0v) is 6.90. The Hall–Kier alpha value is -2.53. The average molecular weight is 188 g/mol. The molecule has 0 aliphatic carbocycles. The van der Waals surface area contributed by atoms with Crippen LogP contribution >= 0.6 is 0 Å². The first-order valence-electron chi connectivity index (χ1n) is 3.49. The molecule has 0 fully saturated rings. The molecule has 0 saturated carbocycles. The summed E-state index contributed by atoms with van der Waals surface area (Å²) < 4.78 is 0. The van der Waals surface area contributed by atoms with Gasteiger partial charge in [-0.05, 0) is 17.8 Å². The molecule has 0 saturated heterocycles. The molecule has 0 spiro atoms. The third kappa shape index (κ3) is 1.99. The zero-order chi connectivity index (χ0) is 10.6. The van der Waals surface area contributed by atoms with E-state index in [2.05, 4.69) is 16.8 Å². The van der Waals surface area contributed by atoms with Gasteiger partial charge in [0.2, 0.25) is 0 Å². The molecule has 0 amide bonds. The third-order valence-electron chi connectivity index (χ3n) is 1.37. The summed E-state index contributed by atoms with van der Waals surface area (Å²) in [5.41, 5.74) is -0.129. The Bertz CT molecular complexity index is 482. The van der Waals surface area contributed by atoms with Gasteiger partial charge in [-0.15, -0.1) is 6.42 Å². The summed E-state index contributed by atoms with van der Waals surface area (Å²) in [5, 5.41) is 10.3. The Morgan fingerprint density at radius 2 is 2.36 bits per heavy atom. The van der Waals surface area contributed by atoms with Crippen molar-refractivity contribution in [1.82, 2.24) is 4.98 Å². The maximum absolute atomic E-state index is 11.1. The Balaban J connectivity index is 2.94. The predicted octanol–water partition coefficient (Wildman–Crippen LogP) is 0.742. The number of nitro groups is 1. The first-order valence-corrected chi connectivity index (χ1v) is 3.49. The molecule has 0 bridgehead atoms. The van der Waals surface area contributed by atoms with Gasteiger partial charge in [-0.2, -0.15) is 0 Å². The van der Waals surface area contributed by atoms with Crippen LogP contribution < -0.4 is 0 Å². The van der Waals surface area contributed by atoms with E-state index in [1.807, 2.05) is 5.92 Å². The number of aromatic nitrogens is 1. The van der Waals surface area contributed by atoms with Gasteiger partial charge in [-0.25, -0.2) is 0 Å². The zero-order valence-electron chi connectivity index (χ0n) is 6.90. The van der Waals surface area contributed by atoms with Gasteiger partial charge in [0.1, 0.15) is 5.69 Å². The molecule has 1 aromatic rings. The number of rotatable bonds is 2. The fourth-order valence-electron chi connectivity index (χ4n) is 0.780. The summed E-state index contributed by atoms with van der Waals surface area (Å²) in [4.78, 5) is 23.2. The van der Waals surface area contributed by atoms with Crippen LogP contribution in [-0.4, -0.2) is 15.7 Å². The van der Waals surface area contributed by atoms with Crippen molar-refractivity contribution in [3.05, 3.63) is 28.1 Å². The fraction of sp³-hybridized carbons (Fsp3) is 0. The van der Waals surface area contributed by atoms with Crippen LogP contribution in [0.2, 0.25) is 0 Å². The lowest BCUT2D eigenvalue weighted by atomic mass is 10.3. The SMILES string of the molecule is C#CC#CC(=O)c1cc([N+](=O)[O-])c[nH]1. The number of carbonyl (C=O) groups is 1. The number of nitrogens with one attached hydrogen (secondary N) is 1. The van der Waals surface area contributed by atoms with E-state index in [1.165, 1.54) is 0 Å². The smallest absolute Gasteiger partial charge is 0.287 e. The summed E-state index contributed by atoms with van der Waals surface area (Å²) in [5.74, 6) is 5.64. The quantitative estimate of drug-likeness (QED) is 0.244.